The van der Waals surface area contributed by atoms with E-state index in [1.165, 1.54) is 10.7 Å². The first-order valence-electron chi connectivity index (χ1n) is 8.12. The molecule has 1 amide bonds. The van der Waals surface area contributed by atoms with E-state index in [1.807, 2.05) is 24.3 Å². The smallest absolute Gasteiger partial charge is 0.358 e. The van der Waals surface area contributed by atoms with E-state index in [0.717, 1.165) is 10.0 Å². The van der Waals surface area contributed by atoms with Crippen molar-refractivity contribution in [1.29, 1.82) is 0 Å². The highest BCUT2D eigenvalue weighted by Crippen LogP contribution is 2.18. The van der Waals surface area contributed by atoms with Gasteiger partial charge in [-0.05, 0) is 36.5 Å². The molecular formula is C17H17BrN6O3. The molecule has 0 aliphatic heterocycles. The number of carbonyl (C=O) groups excluding carboxylic acids is 1. The number of hydrogen-bond donors (Lipinski definition) is 1. The first-order chi connectivity index (χ1) is 12.8. The van der Waals surface area contributed by atoms with Crippen LogP contribution in [-0.4, -0.2) is 30.4 Å². The summed E-state index contributed by atoms with van der Waals surface area (Å²) in [6.45, 7) is 3.87. The Kier molecular flexibility index (Phi) is 5.36. The molecule has 0 saturated heterocycles. The van der Waals surface area contributed by atoms with Gasteiger partial charge >= 0.3 is 5.82 Å². The molecule has 0 fully saturated rings. The highest BCUT2D eigenvalue weighted by Gasteiger charge is 2.24. The third-order valence-corrected chi connectivity index (χ3v) is 4.53. The van der Waals surface area contributed by atoms with E-state index in [2.05, 4.69) is 31.4 Å². The van der Waals surface area contributed by atoms with E-state index in [4.69, 9.17) is 0 Å². The average molecular weight is 433 g/mol. The lowest BCUT2D eigenvalue weighted by Gasteiger charge is -2.10. The minimum Gasteiger partial charge on any atom is -0.358 e. The molecule has 2 aromatic heterocycles. The van der Waals surface area contributed by atoms with E-state index in [1.54, 1.807) is 30.9 Å². The fourth-order valence-electron chi connectivity index (χ4n) is 2.60. The second-order valence-corrected chi connectivity index (χ2v) is 6.98. The summed E-state index contributed by atoms with van der Waals surface area (Å²) in [6.07, 6.45) is 3.28. The van der Waals surface area contributed by atoms with Gasteiger partial charge in [0, 0.05) is 10.7 Å². The van der Waals surface area contributed by atoms with Crippen molar-refractivity contribution >= 4 is 33.3 Å². The van der Waals surface area contributed by atoms with Crippen LogP contribution in [0.1, 0.15) is 24.2 Å². The van der Waals surface area contributed by atoms with Crippen LogP contribution in [0.25, 0.3) is 0 Å². The maximum atomic E-state index is 12.5. The van der Waals surface area contributed by atoms with Gasteiger partial charge in [-0.3, -0.25) is 9.48 Å². The first kappa shape index (κ1) is 18.8. The van der Waals surface area contributed by atoms with Crippen LogP contribution in [0.4, 0.5) is 11.5 Å². The van der Waals surface area contributed by atoms with Crippen molar-refractivity contribution in [2.75, 3.05) is 5.32 Å². The Morgan fingerprint density at radius 2 is 2.07 bits per heavy atom. The van der Waals surface area contributed by atoms with E-state index in [9.17, 15) is 14.9 Å². The van der Waals surface area contributed by atoms with Crippen LogP contribution < -0.4 is 5.32 Å². The summed E-state index contributed by atoms with van der Waals surface area (Å²) in [6, 6.07) is 8.51. The predicted molar refractivity (Wildman–Crippen MR) is 102 cm³/mol. The number of nitrogens with one attached hydrogen (secondary N) is 1. The van der Waals surface area contributed by atoms with Gasteiger partial charge in [-0.25, -0.2) is 0 Å². The number of amides is 1. The molecule has 2 heterocycles. The maximum Gasteiger partial charge on any atom is 0.390 e. The summed E-state index contributed by atoms with van der Waals surface area (Å²) in [5.41, 5.74) is 2.16. The van der Waals surface area contributed by atoms with Crippen molar-refractivity contribution in [2.24, 2.45) is 0 Å². The Labute approximate surface area is 163 Å². The Morgan fingerprint density at radius 3 is 2.70 bits per heavy atom. The normalized spacial score (nSPS) is 12.0. The Bertz CT molecular complexity index is 979. The van der Waals surface area contributed by atoms with E-state index >= 15 is 0 Å². The van der Waals surface area contributed by atoms with Crippen LogP contribution in [0.3, 0.4) is 0 Å². The van der Waals surface area contributed by atoms with Crippen molar-refractivity contribution in [3.63, 3.8) is 0 Å². The molecular weight excluding hydrogens is 416 g/mol. The van der Waals surface area contributed by atoms with Gasteiger partial charge in [0.15, 0.2) is 0 Å². The van der Waals surface area contributed by atoms with Crippen molar-refractivity contribution in [3.05, 3.63) is 68.6 Å². The van der Waals surface area contributed by atoms with Crippen LogP contribution in [0.2, 0.25) is 0 Å². The summed E-state index contributed by atoms with van der Waals surface area (Å²) in [5.74, 6) is -0.617. The van der Waals surface area contributed by atoms with E-state index in [0.29, 0.717) is 17.9 Å². The molecule has 0 aliphatic rings. The SMILES string of the molecule is Cc1cc([N+](=O)[O-])nn1C(C)C(=O)Nc1cnn(Cc2ccc(Br)cc2)c1. The highest BCUT2D eigenvalue weighted by atomic mass is 79.9. The maximum absolute atomic E-state index is 12.5. The molecule has 0 bridgehead atoms. The number of nitro groups is 1. The number of benzene rings is 1. The molecule has 10 heteroatoms. The lowest BCUT2D eigenvalue weighted by Crippen LogP contribution is -2.25. The Morgan fingerprint density at radius 1 is 1.37 bits per heavy atom. The van der Waals surface area contributed by atoms with Gasteiger partial charge in [0.1, 0.15) is 6.04 Å². The molecule has 0 radical (unpaired) electrons. The van der Waals surface area contributed by atoms with Crippen LogP contribution in [0, 0.1) is 17.0 Å². The van der Waals surface area contributed by atoms with Crippen molar-refractivity contribution in [1.82, 2.24) is 19.6 Å². The fraction of sp³-hybridized carbons (Fsp3) is 0.235. The lowest BCUT2D eigenvalue weighted by atomic mass is 10.2. The van der Waals surface area contributed by atoms with Gasteiger partial charge in [0.25, 0.3) is 5.91 Å². The molecule has 1 N–H and O–H groups in total. The zero-order chi connectivity index (χ0) is 19.6. The Balaban J connectivity index is 1.66. The summed E-state index contributed by atoms with van der Waals surface area (Å²) < 4.78 is 4.05. The number of nitrogens with zero attached hydrogens (tertiary/aromatic N) is 5. The number of rotatable bonds is 6. The number of halogens is 1. The van der Waals surface area contributed by atoms with E-state index < -0.39 is 11.0 Å². The second kappa shape index (κ2) is 7.70. The molecule has 3 rings (SSSR count). The molecule has 140 valence electrons. The molecule has 1 atom stereocenters. The van der Waals surface area contributed by atoms with Gasteiger partial charge < -0.3 is 15.4 Å². The highest BCUT2D eigenvalue weighted by molar-refractivity contribution is 9.10. The van der Waals surface area contributed by atoms with Crippen LogP contribution in [0.5, 0.6) is 0 Å². The second-order valence-electron chi connectivity index (χ2n) is 6.06. The number of aromatic nitrogens is 4. The van der Waals surface area contributed by atoms with Crippen molar-refractivity contribution in [2.45, 2.75) is 26.4 Å². The minimum atomic E-state index is -0.700. The monoisotopic (exact) mass is 432 g/mol. The molecule has 0 saturated carbocycles. The third kappa shape index (κ3) is 4.40. The van der Waals surface area contributed by atoms with Crippen molar-refractivity contribution in [3.8, 4) is 0 Å². The average Bonchev–Trinajstić information content (AvgIpc) is 3.23. The van der Waals surface area contributed by atoms with Gasteiger partial charge in [0.2, 0.25) is 0 Å². The van der Waals surface area contributed by atoms with Gasteiger partial charge in [0.05, 0.1) is 35.3 Å². The zero-order valence-electron chi connectivity index (χ0n) is 14.7. The summed E-state index contributed by atoms with van der Waals surface area (Å²) in [5, 5.41) is 21.7. The molecule has 3 aromatic rings. The van der Waals surface area contributed by atoms with Crippen molar-refractivity contribution < 1.29 is 9.72 Å². The first-order valence-corrected chi connectivity index (χ1v) is 8.91. The molecule has 0 aliphatic carbocycles. The Hall–Kier alpha value is -3.01. The number of anilines is 1. The number of aryl methyl sites for hydroxylation is 1. The molecule has 9 nitrogen and oxygen atoms in total. The number of carbonyl (C=O) groups is 1. The van der Waals surface area contributed by atoms with E-state index in [-0.39, 0.29) is 11.7 Å². The lowest BCUT2D eigenvalue weighted by molar-refractivity contribution is -0.389. The summed E-state index contributed by atoms with van der Waals surface area (Å²) in [7, 11) is 0. The third-order valence-electron chi connectivity index (χ3n) is 4.00. The summed E-state index contributed by atoms with van der Waals surface area (Å²) in [4.78, 5) is 22.7. The zero-order valence-corrected chi connectivity index (χ0v) is 16.3. The molecule has 1 aromatic carbocycles. The minimum absolute atomic E-state index is 0.283. The standard InChI is InChI=1S/C17H17BrN6O3/c1-11-7-16(24(26)27)21-23(11)12(2)17(25)20-15-8-19-22(10-15)9-13-3-5-14(18)6-4-13/h3-8,10,12H,9H2,1-2H3,(H,20,25). The number of hydrogen-bond acceptors (Lipinski definition) is 5. The molecule has 27 heavy (non-hydrogen) atoms. The molecule has 1 unspecified atom stereocenters. The van der Waals surface area contributed by atoms with Crippen LogP contribution in [-0.2, 0) is 11.3 Å². The van der Waals surface area contributed by atoms with Crippen LogP contribution in [0.15, 0.2) is 47.2 Å². The summed E-state index contributed by atoms with van der Waals surface area (Å²) >= 11 is 3.39. The molecule has 0 spiro atoms. The predicted octanol–water partition coefficient (Wildman–Crippen LogP) is 3.31. The van der Waals surface area contributed by atoms with Gasteiger partial charge in [-0.1, -0.05) is 28.1 Å². The largest absolute Gasteiger partial charge is 0.390 e. The van der Waals surface area contributed by atoms with Crippen LogP contribution >= 0.6 is 15.9 Å². The van der Waals surface area contributed by atoms with Gasteiger partial charge in [-0.15, -0.1) is 0 Å². The quantitative estimate of drug-likeness (QED) is 0.474. The van der Waals surface area contributed by atoms with Gasteiger partial charge in [-0.2, -0.15) is 9.78 Å². The topological polar surface area (TPSA) is 108 Å². The fourth-order valence-corrected chi connectivity index (χ4v) is 2.87.